The first-order chi connectivity index (χ1) is 4.16. The molecule has 0 saturated heterocycles. The minimum atomic E-state index is -0.313. The Morgan fingerprint density at radius 2 is 2.33 bits per heavy atom. The fourth-order valence-corrected chi connectivity index (χ4v) is 0.444. The van der Waals surface area contributed by atoms with Crippen LogP contribution in [0.3, 0.4) is 0 Å². The Bertz CT molecular complexity index is 95.0. The van der Waals surface area contributed by atoms with Gasteiger partial charge >= 0.3 is 0 Å². The van der Waals surface area contributed by atoms with Gasteiger partial charge in [-0.05, 0) is 12.5 Å². The lowest BCUT2D eigenvalue weighted by atomic mass is 10.1. The van der Waals surface area contributed by atoms with E-state index in [9.17, 15) is 10.1 Å². The second-order valence-electron chi connectivity index (χ2n) is 2.19. The Morgan fingerprint density at radius 3 is 2.67 bits per heavy atom. The van der Waals surface area contributed by atoms with Gasteiger partial charge in [-0.1, -0.05) is 6.92 Å². The van der Waals surface area contributed by atoms with E-state index in [4.69, 9.17) is 5.73 Å². The number of hydrogen-bond donors (Lipinski definition) is 1. The van der Waals surface area contributed by atoms with E-state index in [1.54, 1.807) is 0 Å². The summed E-state index contributed by atoms with van der Waals surface area (Å²) in [5.41, 5.74) is 5.24. The third-order valence-electron chi connectivity index (χ3n) is 1.21. The van der Waals surface area contributed by atoms with E-state index in [0.717, 1.165) is 0 Å². The first-order valence-electron chi connectivity index (χ1n) is 2.98. The summed E-state index contributed by atoms with van der Waals surface area (Å²) in [4.78, 5) is 9.47. The molecule has 4 heteroatoms. The summed E-state index contributed by atoms with van der Waals surface area (Å²) in [5, 5.41) is 9.78. The molecule has 0 aromatic heterocycles. The quantitative estimate of drug-likeness (QED) is 0.440. The second-order valence-corrected chi connectivity index (χ2v) is 2.19. The molecular formula is C5H12N2O2. The average molecular weight is 132 g/mol. The van der Waals surface area contributed by atoms with Crippen molar-refractivity contribution >= 4 is 0 Å². The number of hydrogen-bond acceptors (Lipinski definition) is 3. The van der Waals surface area contributed by atoms with Crippen LogP contribution in [0.4, 0.5) is 0 Å². The van der Waals surface area contributed by atoms with Crippen molar-refractivity contribution in [2.45, 2.75) is 13.3 Å². The Hall–Kier alpha value is -0.640. The molecule has 0 aliphatic rings. The number of nitrogens with zero attached hydrogens (tertiary/aromatic N) is 1. The second kappa shape index (κ2) is 4.26. The lowest BCUT2D eigenvalue weighted by Crippen LogP contribution is -2.14. The molecule has 0 spiro atoms. The molecule has 0 rings (SSSR count). The van der Waals surface area contributed by atoms with E-state index in [1.165, 1.54) is 0 Å². The van der Waals surface area contributed by atoms with Crippen LogP contribution < -0.4 is 5.73 Å². The van der Waals surface area contributed by atoms with Gasteiger partial charge in [0.25, 0.3) is 0 Å². The molecule has 4 nitrogen and oxygen atoms in total. The van der Waals surface area contributed by atoms with Gasteiger partial charge in [0.1, 0.15) is 0 Å². The molecule has 0 heterocycles. The Morgan fingerprint density at radius 1 is 1.78 bits per heavy atom. The molecule has 9 heavy (non-hydrogen) atoms. The summed E-state index contributed by atoms with van der Waals surface area (Å²) < 4.78 is 0. The Balaban J connectivity index is 3.16. The fraction of sp³-hybridized carbons (Fsp3) is 1.00. The molecule has 0 aromatic carbocycles. The van der Waals surface area contributed by atoms with Crippen molar-refractivity contribution in [3.63, 3.8) is 0 Å². The highest BCUT2D eigenvalue weighted by molar-refractivity contribution is 4.50. The van der Waals surface area contributed by atoms with Gasteiger partial charge in [-0.3, -0.25) is 10.1 Å². The first-order valence-corrected chi connectivity index (χ1v) is 2.98. The van der Waals surface area contributed by atoms with Crippen LogP contribution in [0.5, 0.6) is 0 Å². The van der Waals surface area contributed by atoms with Gasteiger partial charge in [-0.2, -0.15) is 0 Å². The van der Waals surface area contributed by atoms with Crippen LogP contribution in [0.1, 0.15) is 13.3 Å². The summed E-state index contributed by atoms with van der Waals surface area (Å²) in [5.74, 6) is 0.274. The van der Waals surface area contributed by atoms with Crippen LogP contribution in [0.2, 0.25) is 0 Å². The SMILES string of the molecule is C[C@@H](CN)CC[N+](=O)[O-]. The van der Waals surface area contributed by atoms with Crippen LogP contribution in [-0.2, 0) is 0 Å². The van der Waals surface area contributed by atoms with E-state index >= 15 is 0 Å². The van der Waals surface area contributed by atoms with Gasteiger partial charge in [0.05, 0.1) is 0 Å². The molecular weight excluding hydrogens is 120 g/mol. The highest BCUT2D eigenvalue weighted by atomic mass is 16.6. The first kappa shape index (κ1) is 8.36. The fourth-order valence-electron chi connectivity index (χ4n) is 0.444. The van der Waals surface area contributed by atoms with Crippen molar-refractivity contribution in [3.8, 4) is 0 Å². The molecule has 0 amide bonds. The zero-order chi connectivity index (χ0) is 7.28. The lowest BCUT2D eigenvalue weighted by molar-refractivity contribution is -0.481. The van der Waals surface area contributed by atoms with Crippen molar-refractivity contribution in [2.75, 3.05) is 13.1 Å². The zero-order valence-electron chi connectivity index (χ0n) is 5.54. The van der Waals surface area contributed by atoms with Gasteiger partial charge in [-0.25, -0.2) is 0 Å². The van der Waals surface area contributed by atoms with Crippen LogP contribution in [0.25, 0.3) is 0 Å². The number of rotatable bonds is 4. The van der Waals surface area contributed by atoms with Gasteiger partial charge in [0, 0.05) is 11.3 Å². The van der Waals surface area contributed by atoms with Crippen molar-refractivity contribution < 1.29 is 4.92 Å². The topological polar surface area (TPSA) is 69.2 Å². The third kappa shape index (κ3) is 5.23. The molecule has 0 fully saturated rings. The lowest BCUT2D eigenvalue weighted by Gasteiger charge is -2.01. The molecule has 0 aliphatic carbocycles. The maximum absolute atomic E-state index is 9.78. The molecule has 0 aromatic rings. The minimum absolute atomic E-state index is 0.0400. The van der Waals surface area contributed by atoms with Crippen LogP contribution in [0, 0.1) is 16.0 Å². The zero-order valence-corrected chi connectivity index (χ0v) is 5.54. The van der Waals surface area contributed by atoms with E-state index in [0.29, 0.717) is 13.0 Å². The van der Waals surface area contributed by atoms with Gasteiger partial charge in [0.2, 0.25) is 6.54 Å². The van der Waals surface area contributed by atoms with E-state index in [1.807, 2.05) is 6.92 Å². The number of nitro groups is 1. The average Bonchev–Trinajstić information content (AvgIpc) is 1.83. The van der Waals surface area contributed by atoms with Crippen LogP contribution in [-0.4, -0.2) is 18.0 Å². The predicted molar refractivity (Wildman–Crippen MR) is 34.7 cm³/mol. The van der Waals surface area contributed by atoms with Crippen LogP contribution in [0.15, 0.2) is 0 Å². The van der Waals surface area contributed by atoms with E-state index in [-0.39, 0.29) is 17.4 Å². The van der Waals surface area contributed by atoms with Gasteiger partial charge in [-0.15, -0.1) is 0 Å². The van der Waals surface area contributed by atoms with Gasteiger partial charge < -0.3 is 5.73 Å². The molecule has 54 valence electrons. The minimum Gasteiger partial charge on any atom is -0.330 e. The molecule has 0 saturated carbocycles. The standard InChI is InChI=1S/C5H12N2O2/c1-5(4-6)2-3-7(8)9/h5H,2-4,6H2,1H3/t5-/m1/s1. The van der Waals surface area contributed by atoms with Crippen LogP contribution >= 0.6 is 0 Å². The van der Waals surface area contributed by atoms with Crippen molar-refractivity contribution in [1.82, 2.24) is 0 Å². The molecule has 0 radical (unpaired) electrons. The van der Waals surface area contributed by atoms with E-state index < -0.39 is 0 Å². The maximum Gasteiger partial charge on any atom is 0.204 e. The summed E-state index contributed by atoms with van der Waals surface area (Å²) in [6, 6.07) is 0. The van der Waals surface area contributed by atoms with Crippen molar-refractivity contribution in [3.05, 3.63) is 10.1 Å². The summed E-state index contributed by atoms with van der Waals surface area (Å²) in [7, 11) is 0. The highest BCUT2D eigenvalue weighted by Crippen LogP contribution is 1.97. The summed E-state index contributed by atoms with van der Waals surface area (Å²) in [6.45, 7) is 2.48. The normalized spacial score (nSPS) is 13.1. The highest BCUT2D eigenvalue weighted by Gasteiger charge is 2.02. The molecule has 0 unspecified atom stereocenters. The molecule has 0 aliphatic heterocycles. The van der Waals surface area contributed by atoms with Crippen molar-refractivity contribution in [2.24, 2.45) is 11.7 Å². The summed E-state index contributed by atoms with van der Waals surface area (Å²) in [6.07, 6.45) is 0.587. The van der Waals surface area contributed by atoms with Crippen molar-refractivity contribution in [1.29, 1.82) is 0 Å². The molecule has 2 N–H and O–H groups in total. The Kier molecular flexibility index (Phi) is 3.96. The largest absolute Gasteiger partial charge is 0.330 e. The number of nitrogens with two attached hydrogens (primary N) is 1. The monoisotopic (exact) mass is 132 g/mol. The molecule has 0 bridgehead atoms. The predicted octanol–water partition coefficient (Wildman–Crippen LogP) is 0.248. The maximum atomic E-state index is 9.78. The molecule has 1 atom stereocenters. The third-order valence-corrected chi connectivity index (χ3v) is 1.21. The summed E-state index contributed by atoms with van der Waals surface area (Å²) >= 11 is 0. The van der Waals surface area contributed by atoms with Gasteiger partial charge in [0.15, 0.2) is 0 Å². The van der Waals surface area contributed by atoms with E-state index in [2.05, 4.69) is 0 Å². The smallest absolute Gasteiger partial charge is 0.204 e. The Labute approximate surface area is 54.2 Å².